The van der Waals surface area contributed by atoms with E-state index in [0.717, 1.165) is 4.90 Å². The number of fused-ring (bicyclic) bond motifs is 1. The van der Waals surface area contributed by atoms with Crippen LogP contribution in [0.4, 0.5) is 5.69 Å². The molecular formula is C28H24Cl2N4O6S. The highest BCUT2D eigenvalue weighted by Crippen LogP contribution is 2.31. The third-order valence-corrected chi connectivity index (χ3v) is 8.39. The molecule has 0 aromatic heterocycles. The van der Waals surface area contributed by atoms with Crippen LogP contribution >= 0.6 is 23.2 Å². The lowest BCUT2D eigenvalue weighted by Gasteiger charge is -2.25. The van der Waals surface area contributed by atoms with Crippen LogP contribution in [0.3, 0.4) is 0 Å². The number of hydrogen-bond donors (Lipinski definition) is 2. The van der Waals surface area contributed by atoms with E-state index in [1.54, 1.807) is 54.6 Å². The fourth-order valence-corrected chi connectivity index (χ4v) is 6.50. The van der Waals surface area contributed by atoms with E-state index in [1.165, 1.54) is 25.1 Å². The lowest BCUT2D eigenvalue weighted by Crippen LogP contribution is -2.51. The lowest BCUT2D eigenvalue weighted by atomic mass is 10.0. The van der Waals surface area contributed by atoms with Crippen molar-refractivity contribution < 1.29 is 27.6 Å². The highest BCUT2D eigenvalue weighted by molar-refractivity contribution is 7.89. The molecule has 4 rings (SSSR count). The van der Waals surface area contributed by atoms with Gasteiger partial charge in [0.25, 0.3) is 5.91 Å². The van der Waals surface area contributed by atoms with Gasteiger partial charge >= 0.3 is 0 Å². The number of carbonyl (C=O) groups is 4. The summed E-state index contributed by atoms with van der Waals surface area (Å²) in [6.07, 6.45) is -1.53. The van der Waals surface area contributed by atoms with Gasteiger partial charge in [-0.05, 0) is 25.1 Å². The van der Waals surface area contributed by atoms with Crippen molar-refractivity contribution in [1.82, 2.24) is 10.0 Å². The van der Waals surface area contributed by atoms with Gasteiger partial charge in [0.15, 0.2) is 6.17 Å². The summed E-state index contributed by atoms with van der Waals surface area (Å²) in [5.74, 6) is -1.93. The van der Waals surface area contributed by atoms with E-state index in [0.29, 0.717) is 17.4 Å². The van der Waals surface area contributed by atoms with Crippen LogP contribution in [0.2, 0.25) is 10.0 Å². The molecule has 0 radical (unpaired) electrons. The molecule has 1 heterocycles. The number of para-hydroxylation sites is 1. The van der Waals surface area contributed by atoms with Crippen molar-refractivity contribution >= 4 is 68.5 Å². The summed E-state index contributed by atoms with van der Waals surface area (Å²) in [4.78, 5) is 55.0. The van der Waals surface area contributed by atoms with Crippen molar-refractivity contribution in [2.24, 2.45) is 4.99 Å². The van der Waals surface area contributed by atoms with Gasteiger partial charge in [-0.1, -0.05) is 77.8 Å². The third-order valence-electron chi connectivity index (χ3n) is 6.03. The van der Waals surface area contributed by atoms with Crippen LogP contribution in [-0.2, 0) is 29.2 Å². The molecule has 0 aliphatic carbocycles. The minimum Gasteiger partial charge on any atom is -0.345 e. The number of Topliss-reactive ketones (excluding diaryl/α,β-unsaturated/α-hetero) is 1. The van der Waals surface area contributed by atoms with Crippen molar-refractivity contribution in [2.45, 2.75) is 30.4 Å². The van der Waals surface area contributed by atoms with Crippen LogP contribution < -0.4 is 14.9 Å². The summed E-state index contributed by atoms with van der Waals surface area (Å²) in [7, 11) is -4.50. The second-order valence-electron chi connectivity index (χ2n) is 9.08. The highest BCUT2D eigenvalue weighted by atomic mass is 35.5. The van der Waals surface area contributed by atoms with Crippen LogP contribution in [0.25, 0.3) is 0 Å². The number of anilines is 1. The first-order chi connectivity index (χ1) is 19.5. The first kappa shape index (κ1) is 30.1. The van der Waals surface area contributed by atoms with E-state index in [4.69, 9.17) is 23.2 Å². The number of amides is 2. The quantitative estimate of drug-likeness (QED) is 0.336. The maximum absolute atomic E-state index is 14.0. The number of rotatable bonds is 10. The van der Waals surface area contributed by atoms with Crippen LogP contribution in [0.5, 0.6) is 0 Å². The number of aliphatic imine (C=N–C) groups is 1. The van der Waals surface area contributed by atoms with Crippen LogP contribution in [-0.4, -0.2) is 56.8 Å². The zero-order chi connectivity index (χ0) is 29.7. The van der Waals surface area contributed by atoms with Gasteiger partial charge in [-0.2, -0.15) is 4.72 Å². The SMILES string of the molecule is CC(=O)C[C@@H](C=O)NC(=O)CN1C(=O)C(NS(=O)(=O)c2c(Cl)cccc2Cl)N=C(c2ccccc2)c2ccccc21. The molecule has 3 aromatic carbocycles. The molecule has 41 heavy (non-hydrogen) atoms. The molecule has 13 heteroatoms. The maximum Gasteiger partial charge on any atom is 0.268 e. The van der Waals surface area contributed by atoms with Gasteiger partial charge in [0.2, 0.25) is 15.9 Å². The molecular weight excluding hydrogens is 591 g/mol. The molecule has 3 aromatic rings. The second-order valence-corrected chi connectivity index (χ2v) is 11.5. The first-order valence-electron chi connectivity index (χ1n) is 12.3. The molecule has 0 saturated heterocycles. The Morgan fingerprint density at radius 2 is 1.63 bits per heavy atom. The Labute approximate surface area is 246 Å². The van der Waals surface area contributed by atoms with E-state index >= 15 is 0 Å². The zero-order valence-electron chi connectivity index (χ0n) is 21.6. The molecule has 10 nitrogen and oxygen atoms in total. The molecule has 212 valence electrons. The smallest absolute Gasteiger partial charge is 0.268 e. The van der Waals surface area contributed by atoms with Crippen molar-refractivity contribution in [3.8, 4) is 0 Å². The van der Waals surface area contributed by atoms with Crippen LogP contribution in [0.15, 0.2) is 82.7 Å². The summed E-state index contributed by atoms with van der Waals surface area (Å²) in [5.41, 5.74) is 1.61. The number of halogens is 2. The summed E-state index contributed by atoms with van der Waals surface area (Å²) in [6, 6.07) is 18.5. The lowest BCUT2D eigenvalue weighted by molar-refractivity contribution is -0.126. The van der Waals surface area contributed by atoms with Gasteiger partial charge in [0.05, 0.1) is 27.5 Å². The Morgan fingerprint density at radius 1 is 1.00 bits per heavy atom. The molecule has 2 amide bonds. The average molecular weight is 615 g/mol. The Kier molecular flexibility index (Phi) is 9.34. The average Bonchev–Trinajstić information content (AvgIpc) is 3.03. The summed E-state index contributed by atoms with van der Waals surface area (Å²) < 4.78 is 29.2. The number of ketones is 1. The molecule has 0 fully saturated rings. The highest BCUT2D eigenvalue weighted by Gasteiger charge is 2.37. The molecule has 0 saturated carbocycles. The largest absolute Gasteiger partial charge is 0.345 e. The number of nitrogens with one attached hydrogen (secondary N) is 2. The fourth-order valence-electron chi connectivity index (χ4n) is 4.28. The van der Waals surface area contributed by atoms with E-state index in [2.05, 4.69) is 15.0 Å². The minimum absolute atomic E-state index is 0.164. The Hall–Kier alpha value is -3.90. The van der Waals surface area contributed by atoms with Crippen LogP contribution in [0.1, 0.15) is 24.5 Å². The first-order valence-corrected chi connectivity index (χ1v) is 14.5. The summed E-state index contributed by atoms with van der Waals surface area (Å²) in [5, 5.41) is 2.10. The number of sulfonamides is 1. The number of carbonyl (C=O) groups excluding carboxylic acids is 4. The van der Waals surface area contributed by atoms with Gasteiger partial charge in [-0.3, -0.25) is 24.3 Å². The van der Waals surface area contributed by atoms with Gasteiger partial charge in [0, 0.05) is 17.5 Å². The number of benzene rings is 3. The third kappa shape index (κ3) is 6.88. The molecule has 1 aliphatic heterocycles. The number of benzodiazepines with no additional fused rings is 1. The topological polar surface area (TPSA) is 142 Å². The standard InChI is InChI=1S/C28H24Cl2N4O6S/c1-17(36)14-19(16-35)31-24(37)15-34-23-13-6-5-10-20(23)25(18-8-3-2-4-9-18)32-27(28(34)38)33-41(39,40)26-21(29)11-7-12-22(26)30/h2-13,16,19,27,33H,14-15H2,1H3,(H,31,37)/t19-,27?/m0/s1. The fraction of sp³-hybridized carbons (Fsp3) is 0.179. The Bertz CT molecular complexity index is 1630. The molecule has 0 spiro atoms. The van der Waals surface area contributed by atoms with Crippen molar-refractivity contribution in [2.75, 3.05) is 11.4 Å². The van der Waals surface area contributed by atoms with Gasteiger partial charge < -0.3 is 10.1 Å². The molecule has 1 unspecified atom stereocenters. The summed E-state index contributed by atoms with van der Waals surface area (Å²) in [6.45, 7) is 0.683. The molecule has 1 aliphatic rings. The molecule has 0 bridgehead atoms. The zero-order valence-corrected chi connectivity index (χ0v) is 23.9. The van der Waals surface area contributed by atoms with Crippen molar-refractivity contribution in [1.29, 1.82) is 0 Å². The molecule has 2 atom stereocenters. The van der Waals surface area contributed by atoms with E-state index in [1.807, 2.05) is 0 Å². The van der Waals surface area contributed by atoms with Gasteiger partial charge in [0.1, 0.15) is 23.5 Å². The minimum atomic E-state index is -4.50. The predicted octanol–water partition coefficient (Wildman–Crippen LogP) is 3.14. The second kappa shape index (κ2) is 12.7. The van der Waals surface area contributed by atoms with Crippen molar-refractivity contribution in [3.05, 3.63) is 94.0 Å². The van der Waals surface area contributed by atoms with Gasteiger partial charge in [-0.15, -0.1) is 0 Å². The normalized spacial score (nSPS) is 15.8. The Morgan fingerprint density at radius 3 is 2.27 bits per heavy atom. The molecule has 2 N–H and O–H groups in total. The number of nitrogens with zero attached hydrogens (tertiary/aromatic N) is 2. The predicted molar refractivity (Wildman–Crippen MR) is 155 cm³/mol. The number of hydrogen-bond acceptors (Lipinski definition) is 7. The monoisotopic (exact) mass is 614 g/mol. The van der Waals surface area contributed by atoms with Crippen LogP contribution in [0, 0.1) is 0 Å². The summed E-state index contributed by atoms with van der Waals surface area (Å²) >= 11 is 12.3. The van der Waals surface area contributed by atoms with E-state index in [9.17, 15) is 27.6 Å². The van der Waals surface area contributed by atoms with E-state index in [-0.39, 0.29) is 33.6 Å². The van der Waals surface area contributed by atoms with Gasteiger partial charge in [-0.25, -0.2) is 8.42 Å². The maximum atomic E-state index is 14.0. The van der Waals surface area contributed by atoms with E-state index < -0.39 is 45.5 Å². The Balaban J connectivity index is 1.81. The number of aldehydes is 1. The van der Waals surface area contributed by atoms with Crippen molar-refractivity contribution in [3.63, 3.8) is 0 Å².